The van der Waals surface area contributed by atoms with Crippen LogP contribution in [0.2, 0.25) is 0 Å². The monoisotopic (exact) mass is 441 g/mol. The molecule has 1 aliphatic heterocycles. The van der Waals surface area contributed by atoms with Gasteiger partial charge in [0.05, 0.1) is 11.3 Å². The fourth-order valence-corrected chi connectivity index (χ4v) is 3.76. The smallest absolute Gasteiger partial charge is 0.418 e. The maximum Gasteiger partial charge on any atom is 0.418 e. The summed E-state index contributed by atoms with van der Waals surface area (Å²) in [6, 6.07) is 3.66. The summed E-state index contributed by atoms with van der Waals surface area (Å²) in [5.74, 6) is -2.08. The summed E-state index contributed by atoms with van der Waals surface area (Å²) in [5, 5.41) is 4.70. The molecule has 1 aromatic carbocycles. The van der Waals surface area contributed by atoms with Gasteiger partial charge in [0.25, 0.3) is 11.8 Å². The van der Waals surface area contributed by atoms with E-state index in [1.165, 1.54) is 12.1 Å². The van der Waals surface area contributed by atoms with E-state index in [1.807, 2.05) is 5.32 Å². The second-order valence-electron chi connectivity index (χ2n) is 7.84. The zero-order chi connectivity index (χ0) is 22.8. The van der Waals surface area contributed by atoms with Gasteiger partial charge in [0, 0.05) is 0 Å². The molecule has 3 rings (SSSR count). The van der Waals surface area contributed by atoms with Crippen molar-refractivity contribution in [2.75, 3.05) is 18.5 Å². The number of ether oxygens (including phenoxy) is 1. The first-order valence-electron chi connectivity index (χ1n) is 9.78. The summed E-state index contributed by atoms with van der Waals surface area (Å²) in [6.07, 6.45) is -2.18. The van der Waals surface area contributed by atoms with E-state index in [9.17, 15) is 32.3 Å². The molecule has 1 saturated carbocycles. The van der Waals surface area contributed by atoms with Crippen molar-refractivity contribution in [1.82, 2.24) is 10.2 Å². The number of para-hydroxylation sites is 1. The van der Waals surface area contributed by atoms with Crippen LogP contribution in [0.3, 0.4) is 0 Å². The lowest BCUT2D eigenvalue weighted by molar-refractivity contribution is -0.150. The van der Waals surface area contributed by atoms with Crippen LogP contribution in [0.25, 0.3) is 0 Å². The Hall–Kier alpha value is -3.11. The Morgan fingerprint density at radius 2 is 1.87 bits per heavy atom. The first-order valence-corrected chi connectivity index (χ1v) is 9.78. The molecule has 168 valence electrons. The first kappa shape index (κ1) is 22.6. The lowest BCUT2D eigenvalue weighted by Gasteiger charge is -2.33. The van der Waals surface area contributed by atoms with Gasteiger partial charge in [0.15, 0.2) is 6.61 Å². The van der Waals surface area contributed by atoms with Crippen LogP contribution in [-0.2, 0) is 25.3 Å². The van der Waals surface area contributed by atoms with Crippen molar-refractivity contribution in [2.24, 2.45) is 5.92 Å². The zero-order valence-electron chi connectivity index (χ0n) is 16.8. The molecule has 2 N–H and O–H groups in total. The van der Waals surface area contributed by atoms with E-state index < -0.39 is 59.9 Å². The standard InChI is InChI=1S/C20H22F3N3O5/c1-12-6-8-19(9-7-12)17(29)26(18(30)25-19)10-16(28)31-11-15(27)24-14-5-3-2-4-13(14)20(21,22)23/h2-5,12H,6-11H2,1H3,(H,24,27)(H,25,30). The van der Waals surface area contributed by atoms with Crippen molar-refractivity contribution in [3.05, 3.63) is 29.8 Å². The van der Waals surface area contributed by atoms with E-state index in [4.69, 9.17) is 4.74 Å². The summed E-state index contributed by atoms with van der Waals surface area (Å²) in [6.45, 7) is 0.507. The number of amides is 4. The summed E-state index contributed by atoms with van der Waals surface area (Å²) in [7, 11) is 0. The van der Waals surface area contributed by atoms with Gasteiger partial charge < -0.3 is 15.4 Å². The fraction of sp³-hybridized carbons (Fsp3) is 0.500. The molecule has 1 heterocycles. The van der Waals surface area contributed by atoms with Crippen molar-refractivity contribution in [2.45, 2.75) is 44.3 Å². The molecule has 4 amide bonds. The lowest BCUT2D eigenvalue weighted by Crippen LogP contribution is -2.49. The van der Waals surface area contributed by atoms with Gasteiger partial charge in [-0.3, -0.25) is 19.3 Å². The molecule has 8 nitrogen and oxygen atoms in total. The molecule has 0 unspecified atom stereocenters. The Kier molecular flexibility index (Phi) is 6.23. The highest BCUT2D eigenvalue weighted by Gasteiger charge is 2.52. The highest BCUT2D eigenvalue weighted by atomic mass is 19.4. The highest BCUT2D eigenvalue weighted by molar-refractivity contribution is 6.08. The Morgan fingerprint density at radius 1 is 1.23 bits per heavy atom. The predicted octanol–water partition coefficient (Wildman–Crippen LogP) is 2.69. The number of hydrogen-bond donors (Lipinski definition) is 2. The van der Waals surface area contributed by atoms with Crippen molar-refractivity contribution < 1.29 is 37.1 Å². The van der Waals surface area contributed by atoms with Crippen LogP contribution in [0.4, 0.5) is 23.7 Å². The number of esters is 1. The van der Waals surface area contributed by atoms with Gasteiger partial charge in [-0.25, -0.2) is 4.79 Å². The number of alkyl halides is 3. The van der Waals surface area contributed by atoms with Crippen LogP contribution < -0.4 is 10.6 Å². The van der Waals surface area contributed by atoms with E-state index in [1.54, 1.807) is 0 Å². The number of benzene rings is 1. The number of urea groups is 1. The van der Waals surface area contributed by atoms with E-state index in [-0.39, 0.29) is 0 Å². The largest absolute Gasteiger partial charge is 0.454 e. The maximum absolute atomic E-state index is 13.0. The number of nitrogens with one attached hydrogen (secondary N) is 2. The number of carbonyl (C=O) groups is 4. The zero-order valence-corrected chi connectivity index (χ0v) is 16.8. The second kappa shape index (κ2) is 8.56. The SMILES string of the molecule is CC1CCC2(CC1)NC(=O)N(CC(=O)OCC(=O)Nc1ccccc1C(F)(F)F)C2=O. The van der Waals surface area contributed by atoms with Gasteiger partial charge in [-0.1, -0.05) is 19.1 Å². The minimum absolute atomic E-state index is 0.440. The molecule has 11 heteroatoms. The molecule has 0 radical (unpaired) electrons. The van der Waals surface area contributed by atoms with Gasteiger partial charge in [-0.15, -0.1) is 0 Å². The number of rotatable bonds is 5. The topological polar surface area (TPSA) is 105 Å². The van der Waals surface area contributed by atoms with Gasteiger partial charge in [-0.2, -0.15) is 13.2 Å². The van der Waals surface area contributed by atoms with Crippen LogP contribution in [-0.4, -0.2) is 47.4 Å². The van der Waals surface area contributed by atoms with Crippen molar-refractivity contribution in [3.63, 3.8) is 0 Å². The molecule has 2 aliphatic rings. The quantitative estimate of drug-likeness (QED) is 0.540. The lowest BCUT2D eigenvalue weighted by atomic mass is 9.77. The summed E-state index contributed by atoms with van der Waals surface area (Å²) in [4.78, 5) is 49.6. The van der Waals surface area contributed by atoms with Crippen LogP contribution in [0.1, 0.15) is 38.2 Å². The van der Waals surface area contributed by atoms with Crippen LogP contribution >= 0.6 is 0 Å². The summed E-state index contributed by atoms with van der Waals surface area (Å²) >= 11 is 0. The Bertz CT molecular complexity index is 894. The van der Waals surface area contributed by atoms with Crippen LogP contribution in [0, 0.1) is 5.92 Å². The van der Waals surface area contributed by atoms with Gasteiger partial charge in [0.1, 0.15) is 12.1 Å². The van der Waals surface area contributed by atoms with Gasteiger partial charge in [-0.05, 0) is 43.7 Å². The minimum atomic E-state index is -4.67. The molecule has 0 aromatic heterocycles. The van der Waals surface area contributed by atoms with Crippen molar-refractivity contribution in [3.8, 4) is 0 Å². The number of halogens is 3. The molecule has 0 atom stereocenters. The number of anilines is 1. The molecule has 2 fully saturated rings. The van der Waals surface area contributed by atoms with Gasteiger partial charge in [0.2, 0.25) is 0 Å². The van der Waals surface area contributed by atoms with Crippen molar-refractivity contribution in [1.29, 1.82) is 0 Å². The first-order chi connectivity index (χ1) is 14.5. The Morgan fingerprint density at radius 3 is 2.52 bits per heavy atom. The maximum atomic E-state index is 13.0. The highest BCUT2D eigenvalue weighted by Crippen LogP contribution is 2.36. The molecule has 1 saturated heterocycles. The third-order valence-electron chi connectivity index (χ3n) is 5.53. The minimum Gasteiger partial charge on any atom is -0.454 e. The van der Waals surface area contributed by atoms with E-state index in [2.05, 4.69) is 12.2 Å². The second-order valence-corrected chi connectivity index (χ2v) is 7.84. The van der Waals surface area contributed by atoms with E-state index in [0.29, 0.717) is 18.8 Å². The average molecular weight is 441 g/mol. The van der Waals surface area contributed by atoms with Crippen molar-refractivity contribution >= 4 is 29.5 Å². The third kappa shape index (κ3) is 4.97. The van der Waals surface area contributed by atoms with E-state index in [0.717, 1.165) is 29.9 Å². The molecule has 1 aliphatic carbocycles. The number of nitrogens with zero attached hydrogens (tertiary/aromatic N) is 1. The molecule has 31 heavy (non-hydrogen) atoms. The van der Waals surface area contributed by atoms with E-state index >= 15 is 0 Å². The molecule has 1 spiro atoms. The normalized spacial score (nSPS) is 23.6. The predicted molar refractivity (Wildman–Crippen MR) is 102 cm³/mol. The Balaban J connectivity index is 1.53. The number of carbonyl (C=O) groups excluding carboxylic acids is 4. The fourth-order valence-electron chi connectivity index (χ4n) is 3.76. The molecular weight excluding hydrogens is 419 g/mol. The van der Waals surface area contributed by atoms with Crippen LogP contribution in [0.5, 0.6) is 0 Å². The number of imide groups is 1. The van der Waals surface area contributed by atoms with Crippen LogP contribution in [0.15, 0.2) is 24.3 Å². The Labute approximate surface area is 176 Å². The summed E-state index contributed by atoms with van der Waals surface area (Å²) < 4.78 is 43.7. The van der Waals surface area contributed by atoms with Gasteiger partial charge >= 0.3 is 18.2 Å². The molecule has 0 bridgehead atoms. The number of hydrogen-bond acceptors (Lipinski definition) is 5. The molecule has 1 aromatic rings. The average Bonchev–Trinajstić information content (AvgIpc) is 2.92. The third-order valence-corrected chi connectivity index (χ3v) is 5.53. The summed E-state index contributed by atoms with van der Waals surface area (Å²) in [5.41, 5.74) is -2.53. The molecular formula is C20H22F3N3O5.